The summed E-state index contributed by atoms with van der Waals surface area (Å²) in [5.41, 5.74) is 7.35. The number of hydrogen-bond acceptors (Lipinski definition) is 3. The molecule has 0 amide bonds. The Labute approximate surface area is 110 Å². The van der Waals surface area contributed by atoms with Crippen LogP contribution in [-0.2, 0) is 11.2 Å². The summed E-state index contributed by atoms with van der Waals surface area (Å²) >= 11 is 3.49. The molecule has 1 heterocycles. The van der Waals surface area contributed by atoms with Crippen molar-refractivity contribution < 1.29 is 9.47 Å². The third kappa shape index (κ3) is 2.64. The first-order valence-corrected chi connectivity index (χ1v) is 6.57. The molecule has 4 heteroatoms. The molecule has 0 aromatic heterocycles. The molecule has 0 spiro atoms. The summed E-state index contributed by atoms with van der Waals surface area (Å²) in [4.78, 5) is 0. The lowest BCUT2D eigenvalue weighted by Gasteiger charge is -2.27. The number of methoxy groups -OCH3 is 1. The third-order valence-corrected chi connectivity index (χ3v) is 4.11. The van der Waals surface area contributed by atoms with Gasteiger partial charge in [0.05, 0.1) is 17.7 Å². The Morgan fingerprint density at radius 1 is 1.59 bits per heavy atom. The van der Waals surface area contributed by atoms with Crippen LogP contribution < -0.4 is 10.5 Å². The molecule has 0 radical (unpaired) electrons. The maximum atomic E-state index is 6.38. The summed E-state index contributed by atoms with van der Waals surface area (Å²) in [6.07, 6.45) is 1.86. The van der Waals surface area contributed by atoms with Crippen LogP contribution in [0.2, 0.25) is 0 Å². The van der Waals surface area contributed by atoms with Gasteiger partial charge >= 0.3 is 0 Å². The summed E-state index contributed by atoms with van der Waals surface area (Å²) < 4.78 is 11.7. The second-order valence-corrected chi connectivity index (χ2v) is 5.50. The van der Waals surface area contributed by atoms with Gasteiger partial charge in [0.1, 0.15) is 5.75 Å². The zero-order valence-electron chi connectivity index (χ0n) is 10.2. The van der Waals surface area contributed by atoms with Crippen molar-refractivity contribution in [3.05, 3.63) is 28.2 Å². The topological polar surface area (TPSA) is 44.5 Å². The van der Waals surface area contributed by atoms with E-state index in [2.05, 4.69) is 28.1 Å². The first kappa shape index (κ1) is 12.9. The van der Waals surface area contributed by atoms with Gasteiger partial charge in [-0.1, -0.05) is 6.07 Å². The van der Waals surface area contributed by atoms with Crippen LogP contribution in [0.5, 0.6) is 5.75 Å². The van der Waals surface area contributed by atoms with Crippen LogP contribution >= 0.6 is 15.9 Å². The summed E-state index contributed by atoms with van der Waals surface area (Å²) in [5.74, 6) is 0.843. The molecule has 1 saturated heterocycles. The van der Waals surface area contributed by atoms with Gasteiger partial charge in [-0.25, -0.2) is 0 Å². The number of rotatable bonds is 3. The molecule has 94 valence electrons. The minimum atomic E-state index is -0.242. The van der Waals surface area contributed by atoms with Crippen LogP contribution in [0.4, 0.5) is 0 Å². The number of benzene rings is 1. The van der Waals surface area contributed by atoms with Crippen molar-refractivity contribution in [2.75, 3.05) is 13.7 Å². The third-order valence-electron chi connectivity index (χ3n) is 3.49. The molecule has 2 N–H and O–H groups in total. The smallest absolute Gasteiger partial charge is 0.133 e. The van der Waals surface area contributed by atoms with Gasteiger partial charge in [-0.3, -0.25) is 0 Å². The number of halogens is 1. The van der Waals surface area contributed by atoms with Gasteiger partial charge in [0.2, 0.25) is 0 Å². The van der Waals surface area contributed by atoms with Gasteiger partial charge in [0.25, 0.3) is 0 Å². The largest absolute Gasteiger partial charge is 0.496 e. The average Bonchev–Trinajstić information content (AvgIpc) is 2.59. The maximum Gasteiger partial charge on any atom is 0.133 e. The quantitative estimate of drug-likeness (QED) is 0.933. The molecule has 2 unspecified atom stereocenters. The molecule has 2 atom stereocenters. The highest BCUT2D eigenvalue weighted by molar-refractivity contribution is 9.10. The van der Waals surface area contributed by atoms with Crippen molar-refractivity contribution >= 4 is 15.9 Å². The van der Waals surface area contributed by atoms with Crippen LogP contribution in [0.25, 0.3) is 0 Å². The van der Waals surface area contributed by atoms with Crippen molar-refractivity contribution in [3.8, 4) is 5.75 Å². The zero-order chi connectivity index (χ0) is 12.5. The Kier molecular flexibility index (Phi) is 3.76. The molecule has 17 heavy (non-hydrogen) atoms. The lowest BCUT2D eigenvalue weighted by molar-refractivity contribution is 0.0955. The lowest BCUT2D eigenvalue weighted by Crippen LogP contribution is -2.47. The highest BCUT2D eigenvalue weighted by Crippen LogP contribution is 2.30. The molecular weight excluding hydrogens is 282 g/mol. The monoisotopic (exact) mass is 299 g/mol. The average molecular weight is 300 g/mol. The molecule has 1 aromatic rings. The number of nitrogens with two attached hydrogens (primary N) is 1. The Balaban J connectivity index is 2.16. The van der Waals surface area contributed by atoms with Gasteiger partial charge in [-0.05, 0) is 53.4 Å². The molecule has 1 aliphatic heterocycles. The normalized spacial score (nSPS) is 28.4. The van der Waals surface area contributed by atoms with E-state index in [-0.39, 0.29) is 11.6 Å². The minimum Gasteiger partial charge on any atom is -0.496 e. The zero-order valence-corrected chi connectivity index (χ0v) is 11.8. The predicted octanol–water partition coefficient (Wildman–Crippen LogP) is 2.51. The van der Waals surface area contributed by atoms with Crippen LogP contribution in [0.1, 0.15) is 18.9 Å². The molecule has 3 nitrogen and oxygen atoms in total. The van der Waals surface area contributed by atoms with Gasteiger partial charge in [-0.15, -0.1) is 0 Å². The van der Waals surface area contributed by atoms with Crippen LogP contribution in [0, 0.1) is 0 Å². The highest BCUT2D eigenvalue weighted by Gasteiger charge is 2.37. The molecule has 1 fully saturated rings. The fourth-order valence-corrected chi connectivity index (χ4v) is 2.82. The minimum absolute atomic E-state index is 0.114. The molecule has 1 aromatic carbocycles. The molecule has 2 rings (SSSR count). The molecule has 1 aliphatic rings. The lowest BCUT2D eigenvalue weighted by atomic mass is 9.86. The van der Waals surface area contributed by atoms with Crippen molar-refractivity contribution in [2.24, 2.45) is 5.73 Å². The second kappa shape index (κ2) is 4.96. The van der Waals surface area contributed by atoms with E-state index in [1.165, 1.54) is 5.56 Å². The Morgan fingerprint density at radius 2 is 2.35 bits per heavy atom. The fraction of sp³-hybridized carbons (Fsp3) is 0.538. The highest BCUT2D eigenvalue weighted by atomic mass is 79.9. The van der Waals surface area contributed by atoms with Crippen molar-refractivity contribution in [2.45, 2.75) is 31.4 Å². The Hall–Kier alpha value is -0.580. The molecule has 0 saturated carbocycles. The number of hydrogen-bond donors (Lipinski definition) is 1. The number of ether oxygens (including phenoxy) is 2. The van der Waals surface area contributed by atoms with Crippen molar-refractivity contribution in [1.29, 1.82) is 0 Å². The second-order valence-electron chi connectivity index (χ2n) is 4.64. The van der Waals surface area contributed by atoms with E-state index in [0.717, 1.165) is 29.7 Å². The van der Waals surface area contributed by atoms with Crippen LogP contribution in [0.15, 0.2) is 22.7 Å². The summed E-state index contributed by atoms with van der Waals surface area (Å²) in [7, 11) is 1.66. The van der Waals surface area contributed by atoms with Crippen LogP contribution in [0.3, 0.4) is 0 Å². The van der Waals surface area contributed by atoms with Gasteiger partial charge in [0.15, 0.2) is 0 Å². The Bertz CT molecular complexity index is 410. The van der Waals surface area contributed by atoms with E-state index in [1.807, 2.05) is 13.0 Å². The molecular formula is C13H18BrNO2. The predicted molar refractivity (Wildman–Crippen MR) is 71.3 cm³/mol. The van der Waals surface area contributed by atoms with E-state index < -0.39 is 0 Å². The summed E-state index contributed by atoms with van der Waals surface area (Å²) in [5, 5.41) is 0. The van der Waals surface area contributed by atoms with E-state index in [1.54, 1.807) is 7.11 Å². The summed E-state index contributed by atoms with van der Waals surface area (Å²) in [6.45, 7) is 2.81. The van der Waals surface area contributed by atoms with E-state index >= 15 is 0 Å². The molecule has 0 bridgehead atoms. The fourth-order valence-electron chi connectivity index (χ4n) is 2.23. The van der Waals surface area contributed by atoms with Gasteiger partial charge < -0.3 is 15.2 Å². The van der Waals surface area contributed by atoms with Gasteiger partial charge in [0, 0.05) is 12.1 Å². The first-order valence-electron chi connectivity index (χ1n) is 5.78. The summed E-state index contributed by atoms with van der Waals surface area (Å²) in [6, 6.07) is 6.09. The van der Waals surface area contributed by atoms with E-state index in [9.17, 15) is 0 Å². The van der Waals surface area contributed by atoms with E-state index in [4.69, 9.17) is 15.2 Å². The maximum absolute atomic E-state index is 6.38. The van der Waals surface area contributed by atoms with Gasteiger partial charge in [-0.2, -0.15) is 0 Å². The standard InChI is InChI=1S/C13H18BrNO2/c1-9-13(15,5-6-17-9)8-10-3-4-12(16-2)11(14)7-10/h3-4,7,9H,5-6,8,15H2,1-2H3. The van der Waals surface area contributed by atoms with E-state index in [0.29, 0.717) is 0 Å². The first-order chi connectivity index (χ1) is 8.05. The Morgan fingerprint density at radius 3 is 2.88 bits per heavy atom. The van der Waals surface area contributed by atoms with Crippen molar-refractivity contribution in [1.82, 2.24) is 0 Å². The SMILES string of the molecule is COc1ccc(CC2(N)CCOC2C)cc1Br. The van der Waals surface area contributed by atoms with Crippen molar-refractivity contribution in [3.63, 3.8) is 0 Å². The van der Waals surface area contributed by atoms with Crippen LogP contribution in [-0.4, -0.2) is 25.4 Å². The molecule has 0 aliphatic carbocycles.